The van der Waals surface area contributed by atoms with E-state index >= 15 is 0 Å². The summed E-state index contributed by atoms with van der Waals surface area (Å²) in [6.07, 6.45) is 4.20. The van der Waals surface area contributed by atoms with Crippen molar-refractivity contribution in [1.29, 1.82) is 0 Å². The lowest BCUT2D eigenvalue weighted by molar-refractivity contribution is -0.131. The molecule has 1 amide bonds. The lowest BCUT2D eigenvalue weighted by Crippen LogP contribution is -2.49. The average molecular weight is 431 g/mol. The number of aryl methyl sites for hydroxylation is 3. The van der Waals surface area contributed by atoms with E-state index in [0.717, 1.165) is 62.0 Å². The molecule has 7 nitrogen and oxygen atoms in total. The Bertz CT molecular complexity index is 1050. The average Bonchev–Trinajstić information content (AvgIpc) is 2.79. The van der Waals surface area contributed by atoms with Crippen molar-refractivity contribution < 1.29 is 4.79 Å². The second-order valence-corrected chi connectivity index (χ2v) is 8.21. The van der Waals surface area contributed by atoms with Gasteiger partial charge in [-0.1, -0.05) is 30.3 Å². The first kappa shape index (κ1) is 21.7. The highest BCUT2D eigenvalue weighted by atomic mass is 16.2. The van der Waals surface area contributed by atoms with Gasteiger partial charge >= 0.3 is 0 Å². The first-order chi connectivity index (χ1) is 15.6. The van der Waals surface area contributed by atoms with E-state index in [9.17, 15) is 4.79 Å². The monoisotopic (exact) mass is 430 g/mol. The summed E-state index contributed by atoms with van der Waals surface area (Å²) in [5.41, 5.74) is 2.42. The van der Waals surface area contributed by atoms with Crippen LogP contribution in [-0.4, -0.2) is 51.9 Å². The maximum Gasteiger partial charge on any atom is 0.222 e. The topological polar surface area (TPSA) is 74.2 Å². The van der Waals surface area contributed by atoms with Gasteiger partial charge in [0, 0.05) is 44.9 Å². The highest BCUT2D eigenvalue weighted by Gasteiger charge is 2.22. The summed E-state index contributed by atoms with van der Waals surface area (Å²) in [4.78, 5) is 30.3. The Balaban J connectivity index is 1.30. The van der Waals surface area contributed by atoms with Crippen molar-refractivity contribution in [3.05, 3.63) is 71.7 Å². The molecule has 7 heteroatoms. The molecule has 0 saturated carbocycles. The third-order valence-corrected chi connectivity index (χ3v) is 5.65. The van der Waals surface area contributed by atoms with Crippen molar-refractivity contribution in [2.24, 2.45) is 0 Å². The van der Waals surface area contributed by atoms with Gasteiger partial charge in [-0.15, -0.1) is 0 Å². The van der Waals surface area contributed by atoms with Crippen LogP contribution < -0.4 is 10.2 Å². The summed E-state index contributed by atoms with van der Waals surface area (Å²) in [6, 6.07) is 16.2. The molecule has 0 aliphatic carbocycles. The molecule has 0 unspecified atom stereocenters. The van der Waals surface area contributed by atoms with Gasteiger partial charge in [0.25, 0.3) is 0 Å². The van der Waals surface area contributed by atoms with Gasteiger partial charge in [0.2, 0.25) is 5.91 Å². The third-order valence-electron chi connectivity index (χ3n) is 5.65. The lowest BCUT2D eigenvalue weighted by Gasteiger charge is -2.35. The number of anilines is 3. The molecule has 1 fully saturated rings. The number of rotatable bonds is 7. The number of benzene rings is 1. The molecule has 2 aromatic heterocycles. The van der Waals surface area contributed by atoms with Crippen LogP contribution in [-0.2, 0) is 11.2 Å². The smallest absolute Gasteiger partial charge is 0.222 e. The quantitative estimate of drug-likeness (QED) is 0.613. The van der Waals surface area contributed by atoms with Gasteiger partial charge in [-0.05, 0) is 49.9 Å². The molecule has 32 heavy (non-hydrogen) atoms. The Morgan fingerprint density at radius 2 is 1.75 bits per heavy atom. The van der Waals surface area contributed by atoms with E-state index in [1.807, 2.05) is 55.1 Å². The molecule has 1 saturated heterocycles. The highest BCUT2D eigenvalue weighted by molar-refractivity contribution is 5.76. The first-order valence-corrected chi connectivity index (χ1v) is 11.2. The van der Waals surface area contributed by atoms with Crippen LogP contribution in [0.1, 0.15) is 29.8 Å². The van der Waals surface area contributed by atoms with Gasteiger partial charge in [-0.25, -0.2) is 15.0 Å². The van der Waals surface area contributed by atoms with Gasteiger partial charge in [0.1, 0.15) is 23.3 Å². The zero-order chi connectivity index (χ0) is 22.3. The van der Waals surface area contributed by atoms with Crippen molar-refractivity contribution in [2.75, 3.05) is 36.4 Å². The molecule has 166 valence electrons. The SMILES string of the molecule is Cc1ccnc(Nc2cc(N3CCN(C(=O)CCCc4ccccc4)CC3)nc(C)n2)c1. The molecule has 1 aromatic carbocycles. The van der Waals surface area contributed by atoms with Crippen LogP contribution in [0.25, 0.3) is 0 Å². The van der Waals surface area contributed by atoms with Gasteiger partial charge in [-0.3, -0.25) is 4.79 Å². The molecule has 0 spiro atoms. The third kappa shape index (κ3) is 5.81. The van der Waals surface area contributed by atoms with E-state index in [4.69, 9.17) is 0 Å². The standard InChI is InChI=1S/C25H30N6O/c1-19-11-12-26-22(17-19)29-23-18-24(28-20(2)27-23)30-13-15-31(16-14-30)25(32)10-6-9-21-7-4-3-5-8-21/h3-5,7-8,11-12,17-18H,6,9-10,13-16H2,1-2H3,(H,26,27,28,29). The maximum atomic E-state index is 12.6. The van der Waals surface area contributed by atoms with Gasteiger partial charge in [0.05, 0.1) is 0 Å². The van der Waals surface area contributed by atoms with Crippen LogP contribution in [0.5, 0.6) is 0 Å². The van der Waals surface area contributed by atoms with Crippen LogP contribution >= 0.6 is 0 Å². The normalized spacial score (nSPS) is 13.8. The van der Waals surface area contributed by atoms with E-state index in [-0.39, 0.29) is 5.91 Å². The Kier molecular flexibility index (Phi) is 6.94. The second-order valence-electron chi connectivity index (χ2n) is 8.21. The molecule has 1 aliphatic heterocycles. The van der Waals surface area contributed by atoms with Crippen LogP contribution in [0.4, 0.5) is 17.5 Å². The number of hydrogen-bond donors (Lipinski definition) is 1. The van der Waals surface area contributed by atoms with E-state index < -0.39 is 0 Å². The van der Waals surface area contributed by atoms with Crippen LogP contribution in [0.15, 0.2) is 54.7 Å². The van der Waals surface area contributed by atoms with E-state index in [1.165, 1.54) is 5.56 Å². The van der Waals surface area contributed by atoms with Crippen molar-refractivity contribution >= 4 is 23.4 Å². The fraction of sp³-hybridized carbons (Fsp3) is 0.360. The first-order valence-electron chi connectivity index (χ1n) is 11.2. The summed E-state index contributed by atoms with van der Waals surface area (Å²) < 4.78 is 0. The summed E-state index contributed by atoms with van der Waals surface area (Å²) >= 11 is 0. The van der Waals surface area contributed by atoms with Crippen LogP contribution in [0.2, 0.25) is 0 Å². The number of piperazine rings is 1. The minimum absolute atomic E-state index is 0.243. The summed E-state index contributed by atoms with van der Waals surface area (Å²) in [6.45, 7) is 6.90. The minimum atomic E-state index is 0.243. The number of amides is 1. The van der Waals surface area contributed by atoms with Crippen molar-refractivity contribution in [1.82, 2.24) is 19.9 Å². The zero-order valence-electron chi connectivity index (χ0n) is 18.8. The number of pyridine rings is 1. The molecule has 3 heterocycles. The summed E-state index contributed by atoms with van der Waals surface area (Å²) in [5, 5.41) is 3.28. The Morgan fingerprint density at radius 1 is 0.969 bits per heavy atom. The molecule has 1 N–H and O–H groups in total. The van der Waals surface area contributed by atoms with Crippen molar-refractivity contribution in [2.45, 2.75) is 33.1 Å². The van der Waals surface area contributed by atoms with Crippen LogP contribution in [0.3, 0.4) is 0 Å². The molecule has 4 rings (SSSR count). The van der Waals surface area contributed by atoms with Gasteiger partial charge in [-0.2, -0.15) is 0 Å². The fourth-order valence-corrected chi connectivity index (χ4v) is 3.95. The predicted octanol–water partition coefficient (Wildman–Crippen LogP) is 3.90. The molecule has 1 aliphatic rings. The van der Waals surface area contributed by atoms with Crippen molar-refractivity contribution in [3.63, 3.8) is 0 Å². The number of nitrogens with zero attached hydrogens (tertiary/aromatic N) is 5. The Labute approximate surface area is 189 Å². The second kappa shape index (κ2) is 10.2. The highest BCUT2D eigenvalue weighted by Crippen LogP contribution is 2.21. The molecular weight excluding hydrogens is 400 g/mol. The summed E-state index contributed by atoms with van der Waals surface area (Å²) in [5.74, 6) is 3.32. The fourth-order valence-electron chi connectivity index (χ4n) is 3.95. The molecule has 0 bridgehead atoms. The van der Waals surface area contributed by atoms with Gasteiger partial charge < -0.3 is 15.1 Å². The zero-order valence-corrected chi connectivity index (χ0v) is 18.8. The number of nitrogens with one attached hydrogen (secondary N) is 1. The van der Waals surface area contributed by atoms with E-state index in [0.29, 0.717) is 12.2 Å². The largest absolute Gasteiger partial charge is 0.353 e. The molecule has 0 atom stereocenters. The number of hydrogen-bond acceptors (Lipinski definition) is 6. The molecule has 0 radical (unpaired) electrons. The van der Waals surface area contributed by atoms with Crippen LogP contribution in [0, 0.1) is 13.8 Å². The molecule has 3 aromatic rings. The molecular formula is C25H30N6O. The Hall–Kier alpha value is -3.48. The Morgan fingerprint density at radius 3 is 2.50 bits per heavy atom. The number of carbonyl (C=O) groups excluding carboxylic acids is 1. The summed E-state index contributed by atoms with van der Waals surface area (Å²) in [7, 11) is 0. The van der Waals surface area contributed by atoms with E-state index in [2.05, 4.69) is 37.3 Å². The number of carbonyl (C=O) groups is 1. The maximum absolute atomic E-state index is 12.6. The number of aromatic nitrogens is 3. The lowest BCUT2D eigenvalue weighted by atomic mass is 10.1. The van der Waals surface area contributed by atoms with Gasteiger partial charge in [0.15, 0.2) is 0 Å². The van der Waals surface area contributed by atoms with Crippen molar-refractivity contribution in [3.8, 4) is 0 Å². The predicted molar refractivity (Wildman–Crippen MR) is 127 cm³/mol. The van der Waals surface area contributed by atoms with E-state index in [1.54, 1.807) is 6.20 Å². The minimum Gasteiger partial charge on any atom is -0.353 e.